The molecule has 1 atom stereocenters. The molecule has 1 amide bonds. The number of hydrogen-bond acceptors (Lipinski definition) is 5. The van der Waals surface area contributed by atoms with Gasteiger partial charge in [-0.25, -0.2) is 9.97 Å². The molecule has 0 bridgehead atoms. The highest BCUT2D eigenvalue weighted by atomic mass is 16.5. The molecule has 0 spiro atoms. The van der Waals surface area contributed by atoms with Crippen LogP contribution in [0.15, 0.2) is 30.5 Å². The Morgan fingerprint density at radius 1 is 1.21 bits per heavy atom. The zero-order valence-electron chi connectivity index (χ0n) is 14.2. The summed E-state index contributed by atoms with van der Waals surface area (Å²) in [5, 5.41) is 0. The molecule has 0 unspecified atom stereocenters. The van der Waals surface area contributed by atoms with Gasteiger partial charge in [0.2, 0.25) is 0 Å². The number of methoxy groups -OCH3 is 2. The topological polar surface area (TPSA) is 64.6 Å². The molecule has 1 aliphatic heterocycles. The molecule has 0 aliphatic carbocycles. The highest BCUT2D eigenvalue weighted by Gasteiger charge is 2.32. The van der Waals surface area contributed by atoms with Crippen LogP contribution < -0.4 is 9.47 Å². The summed E-state index contributed by atoms with van der Waals surface area (Å²) in [5.74, 6) is 1.89. The van der Waals surface area contributed by atoms with Gasteiger partial charge in [0, 0.05) is 24.4 Å². The molecule has 1 aromatic heterocycles. The predicted molar refractivity (Wildman–Crippen MR) is 89.3 cm³/mol. The number of carbonyl (C=O) groups excluding carboxylic acids is 1. The second-order valence-corrected chi connectivity index (χ2v) is 5.79. The Morgan fingerprint density at radius 2 is 1.92 bits per heavy atom. The molecule has 6 nitrogen and oxygen atoms in total. The summed E-state index contributed by atoms with van der Waals surface area (Å²) in [4.78, 5) is 23.5. The van der Waals surface area contributed by atoms with Crippen LogP contribution >= 0.6 is 0 Å². The summed E-state index contributed by atoms with van der Waals surface area (Å²) in [6.45, 7) is 2.57. The molecule has 3 rings (SSSR count). The molecular weight excluding hydrogens is 306 g/mol. The minimum atomic E-state index is -0.0361. The van der Waals surface area contributed by atoms with Crippen molar-refractivity contribution in [2.24, 2.45) is 0 Å². The van der Waals surface area contributed by atoms with E-state index in [0.29, 0.717) is 23.6 Å². The summed E-state index contributed by atoms with van der Waals surface area (Å²) in [6.07, 6.45) is 3.61. The Labute approximate surface area is 141 Å². The summed E-state index contributed by atoms with van der Waals surface area (Å²) in [6, 6.07) is 7.11. The highest BCUT2D eigenvalue weighted by Crippen LogP contribution is 2.33. The van der Waals surface area contributed by atoms with Crippen LogP contribution in [-0.2, 0) is 0 Å². The Hall–Kier alpha value is -2.63. The number of aromatic nitrogens is 2. The van der Waals surface area contributed by atoms with E-state index in [2.05, 4.69) is 9.97 Å². The highest BCUT2D eigenvalue weighted by molar-refractivity contribution is 5.95. The molecule has 24 heavy (non-hydrogen) atoms. The van der Waals surface area contributed by atoms with Crippen molar-refractivity contribution < 1.29 is 14.3 Å². The standard InChI is InChI=1S/C18H21N3O3/c1-12-19-7-6-16(20-12)17-5-4-8-21(17)18(22)13-9-14(23-2)11-15(10-13)24-3/h6-7,9-11,17H,4-5,8H2,1-3H3/t17-/m1/s1. The van der Waals surface area contributed by atoms with Crippen LogP contribution in [0.4, 0.5) is 0 Å². The van der Waals surface area contributed by atoms with Crippen molar-refractivity contribution in [1.82, 2.24) is 14.9 Å². The normalized spacial score (nSPS) is 17.0. The van der Waals surface area contributed by atoms with E-state index in [1.54, 1.807) is 38.6 Å². The van der Waals surface area contributed by atoms with Crippen LogP contribution in [-0.4, -0.2) is 41.5 Å². The second-order valence-electron chi connectivity index (χ2n) is 5.79. The van der Waals surface area contributed by atoms with Crippen LogP contribution in [0.3, 0.4) is 0 Å². The van der Waals surface area contributed by atoms with Gasteiger partial charge in [-0.2, -0.15) is 0 Å². The third-order valence-electron chi connectivity index (χ3n) is 4.25. The maximum atomic E-state index is 13.0. The first kappa shape index (κ1) is 16.2. The minimum Gasteiger partial charge on any atom is -0.497 e. The quantitative estimate of drug-likeness (QED) is 0.864. The lowest BCUT2D eigenvalue weighted by molar-refractivity contribution is 0.0732. The monoisotopic (exact) mass is 327 g/mol. The average molecular weight is 327 g/mol. The van der Waals surface area contributed by atoms with E-state index in [1.165, 1.54) is 0 Å². The van der Waals surface area contributed by atoms with Gasteiger partial charge in [0.1, 0.15) is 17.3 Å². The molecular formula is C18H21N3O3. The number of ether oxygens (including phenoxy) is 2. The first-order chi connectivity index (χ1) is 11.6. The molecule has 1 saturated heterocycles. The largest absolute Gasteiger partial charge is 0.497 e. The number of carbonyl (C=O) groups is 1. The Balaban J connectivity index is 1.91. The molecule has 6 heteroatoms. The molecule has 0 radical (unpaired) electrons. The van der Waals surface area contributed by atoms with Gasteiger partial charge in [-0.1, -0.05) is 0 Å². The van der Waals surface area contributed by atoms with E-state index in [9.17, 15) is 4.79 Å². The first-order valence-electron chi connectivity index (χ1n) is 7.96. The van der Waals surface area contributed by atoms with Gasteiger partial charge in [-0.05, 0) is 38.0 Å². The predicted octanol–water partition coefficient (Wildman–Crippen LogP) is 2.78. The number of benzene rings is 1. The third-order valence-corrected chi connectivity index (χ3v) is 4.25. The summed E-state index contributed by atoms with van der Waals surface area (Å²) in [5.41, 5.74) is 1.45. The average Bonchev–Trinajstić information content (AvgIpc) is 3.10. The lowest BCUT2D eigenvalue weighted by atomic mass is 10.1. The van der Waals surface area contributed by atoms with Crippen molar-refractivity contribution in [3.8, 4) is 11.5 Å². The lowest BCUT2D eigenvalue weighted by Crippen LogP contribution is -2.31. The summed E-state index contributed by atoms with van der Waals surface area (Å²) >= 11 is 0. The van der Waals surface area contributed by atoms with Crippen molar-refractivity contribution >= 4 is 5.91 Å². The molecule has 126 valence electrons. The van der Waals surface area contributed by atoms with E-state index >= 15 is 0 Å². The molecule has 2 aromatic rings. The van der Waals surface area contributed by atoms with Crippen LogP contribution in [0.25, 0.3) is 0 Å². The lowest BCUT2D eigenvalue weighted by Gasteiger charge is -2.25. The Kier molecular flexibility index (Phi) is 4.64. The SMILES string of the molecule is COc1cc(OC)cc(C(=O)N2CCC[C@@H]2c2ccnc(C)n2)c1. The molecule has 0 N–H and O–H groups in total. The number of amides is 1. The fourth-order valence-electron chi connectivity index (χ4n) is 3.07. The van der Waals surface area contributed by atoms with Crippen LogP contribution in [0.5, 0.6) is 11.5 Å². The number of aryl methyl sites for hydroxylation is 1. The summed E-state index contributed by atoms with van der Waals surface area (Å²) in [7, 11) is 3.15. The van der Waals surface area contributed by atoms with Gasteiger partial charge in [0.25, 0.3) is 5.91 Å². The van der Waals surface area contributed by atoms with Crippen molar-refractivity contribution in [2.75, 3.05) is 20.8 Å². The van der Waals surface area contributed by atoms with E-state index in [1.807, 2.05) is 17.9 Å². The second kappa shape index (κ2) is 6.86. The smallest absolute Gasteiger partial charge is 0.254 e. The van der Waals surface area contributed by atoms with Gasteiger partial charge < -0.3 is 14.4 Å². The Morgan fingerprint density at radius 3 is 2.54 bits per heavy atom. The number of rotatable bonds is 4. The van der Waals surface area contributed by atoms with E-state index in [-0.39, 0.29) is 11.9 Å². The molecule has 1 aromatic carbocycles. The minimum absolute atomic E-state index is 0.0172. The molecule has 1 fully saturated rings. The van der Waals surface area contributed by atoms with Gasteiger partial charge >= 0.3 is 0 Å². The van der Waals surface area contributed by atoms with Crippen molar-refractivity contribution in [3.05, 3.63) is 47.5 Å². The van der Waals surface area contributed by atoms with Crippen molar-refractivity contribution in [2.45, 2.75) is 25.8 Å². The zero-order valence-corrected chi connectivity index (χ0v) is 14.2. The Bertz CT molecular complexity index is 726. The molecule has 2 heterocycles. The molecule has 1 aliphatic rings. The van der Waals surface area contributed by atoms with Gasteiger partial charge in [0.15, 0.2) is 0 Å². The van der Waals surface area contributed by atoms with Gasteiger partial charge in [-0.3, -0.25) is 4.79 Å². The van der Waals surface area contributed by atoms with Crippen LogP contribution in [0.1, 0.15) is 40.8 Å². The van der Waals surface area contributed by atoms with Crippen LogP contribution in [0, 0.1) is 6.92 Å². The fourth-order valence-corrected chi connectivity index (χ4v) is 3.07. The summed E-state index contributed by atoms with van der Waals surface area (Å²) < 4.78 is 10.5. The number of nitrogens with zero attached hydrogens (tertiary/aromatic N) is 3. The fraction of sp³-hybridized carbons (Fsp3) is 0.389. The van der Waals surface area contributed by atoms with Crippen molar-refractivity contribution in [3.63, 3.8) is 0 Å². The van der Waals surface area contributed by atoms with E-state index < -0.39 is 0 Å². The van der Waals surface area contributed by atoms with Crippen molar-refractivity contribution in [1.29, 1.82) is 0 Å². The van der Waals surface area contributed by atoms with Crippen LogP contribution in [0.2, 0.25) is 0 Å². The molecule has 0 saturated carbocycles. The van der Waals surface area contributed by atoms with Gasteiger partial charge in [-0.15, -0.1) is 0 Å². The first-order valence-corrected chi connectivity index (χ1v) is 7.96. The maximum absolute atomic E-state index is 13.0. The third kappa shape index (κ3) is 3.18. The number of likely N-dealkylation sites (tertiary alicyclic amines) is 1. The van der Waals surface area contributed by atoms with E-state index in [0.717, 1.165) is 24.4 Å². The maximum Gasteiger partial charge on any atom is 0.254 e. The van der Waals surface area contributed by atoms with Gasteiger partial charge in [0.05, 0.1) is 26.0 Å². The zero-order chi connectivity index (χ0) is 17.1. The number of hydrogen-bond donors (Lipinski definition) is 0. The van der Waals surface area contributed by atoms with E-state index in [4.69, 9.17) is 9.47 Å².